The van der Waals surface area contributed by atoms with Crippen molar-refractivity contribution in [1.82, 2.24) is 15.2 Å². The Morgan fingerprint density at radius 3 is 2.41 bits per heavy atom. The molecule has 2 heterocycles. The van der Waals surface area contributed by atoms with Crippen LogP contribution >= 0.6 is 0 Å². The van der Waals surface area contributed by atoms with Gasteiger partial charge < -0.3 is 15.5 Å². The topological polar surface area (TPSA) is 77.6 Å². The van der Waals surface area contributed by atoms with Crippen LogP contribution in [0.2, 0.25) is 0 Å². The molecular weight excluding hydrogens is 433 g/mol. The molecule has 1 atom stereocenters. The zero-order chi connectivity index (χ0) is 23.9. The first-order valence-electron chi connectivity index (χ1n) is 11.3. The fraction of sp³-hybridized carbons (Fsp3) is 0.269. The van der Waals surface area contributed by atoms with Gasteiger partial charge in [0.15, 0.2) is 0 Å². The second-order valence-electron chi connectivity index (χ2n) is 8.26. The Hall–Kier alpha value is -3.78. The van der Waals surface area contributed by atoms with E-state index in [0.29, 0.717) is 37.6 Å². The molecule has 2 amide bonds. The fourth-order valence-electron chi connectivity index (χ4n) is 4.18. The first-order valence-corrected chi connectivity index (χ1v) is 11.3. The average molecular weight is 462 g/mol. The first-order chi connectivity index (χ1) is 16.5. The number of aryl methyl sites for hydroxylation is 1. The molecule has 0 spiro atoms. The molecule has 34 heavy (non-hydrogen) atoms. The number of aromatic nitrogens is 1. The highest BCUT2D eigenvalue weighted by atomic mass is 19.1. The number of carbonyl (C=O) groups excluding carboxylic acids is 2. The van der Waals surface area contributed by atoms with Gasteiger partial charge in [-0.15, -0.1) is 0 Å². The number of hydrogen-bond donors (Lipinski definition) is 2. The molecule has 1 aromatic heterocycles. The van der Waals surface area contributed by atoms with E-state index in [2.05, 4.69) is 20.5 Å². The zero-order valence-electron chi connectivity index (χ0n) is 19.1. The Morgan fingerprint density at radius 2 is 1.71 bits per heavy atom. The third kappa shape index (κ3) is 5.58. The van der Waals surface area contributed by atoms with E-state index < -0.39 is 11.8 Å². The molecule has 8 heteroatoms. The predicted octanol–water partition coefficient (Wildman–Crippen LogP) is 3.15. The summed E-state index contributed by atoms with van der Waals surface area (Å²) in [6.45, 7) is 4.79. The third-order valence-corrected chi connectivity index (χ3v) is 6.07. The van der Waals surface area contributed by atoms with Crippen molar-refractivity contribution in [3.05, 3.63) is 90.0 Å². The van der Waals surface area contributed by atoms with Gasteiger partial charge in [0.05, 0.1) is 11.7 Å². The number of anilines is 2. The fourth-order valence-corrected chi connectivity index (χ4v) is 4.18. The number of nitrogens with one attached hydrogen (secondary N) is 2. The normalized spacial score (nSPS) is 14.9. The smallest absolute Gasteiger partial charge is 0.313 e. The van der Waals surface area contributed by atoms with E-state index in [0.717, 1.165) is 11.1 Å². The number of para-hydroxylation sites is 2. The number of hydrogen-bond acceptors (Lipinski definition) is 5. The highest BCUT2D eigenvalue weighted by Gasteiger charge is 2.27. The molecule has 4 rings (SSSR count). The van der Waals surface area contributed by atoms with Crippen molar-refractivity contribution >= 4 is 23.2 Å². The molecule has 1 aliphatic heterocycles. The Kier molecular flexibility index (Phi) is 7.49. The van der Waals surface area contributed by atoms with E-state index in [-0.39, 0.29) is 18.4 Å². The lowest BCUT2D eigenvalue weighted by atomic mass is 10.1. The lowest BCUT2D eigenvalue weighted by molar-refractivity contribution is -0.136. The van der Waals surface area contributed by atoms with Crippen molar-refractivity contribution in [3.8, 4) is 0 Å². The molecule has 0 radical (unpaired) electrons. The van der Waals surface area contributed by atoms with Crippen LogP contribution in [0, 0.1) is 12.7 Å². The molecule has 7 nitrogen and oxygen atoms in total. The van der Waals surface area contributed by atoms with E-state index in [4.69, 9.17) is 0 Å². The molecule has 0 saturated carbocycles. The van der Waals surface area contributed by atoms with Gasteiger partial charge in [-0.1, -0.05) is 36.4 Å². The van der Waals surface area contributed by atoms with Crippen LogP contribution in [0.4, 0.5) is 15.8 Å². The van der Waals surface area contributed by atoms with Crippen molar-refractivity contribution in [2.24, 2.45) is 0 Å². The third-order valence-electron chi connectivity index (χ3n) is 6.07. The van der Waals surface area contributed by atoms with E-state index in [1.54, 1.807) is 36.7 Å². The second kappa shape index (κ2) is 10.9. The predicted molar refractivity (Wildman–Crippen MR) is 130 cm³/mol. The van der Waals surface area contributed by atoms with Gasteiger partial charge in [0, 0.05) is 50.8 Å². The van der Waals surface area contributed by atoms with Crippen molar-refractivity contribution in [3.63, 3.8) is 0 Å². The maximum atomic E-state index is 14.2. The maximum Gasteiger partial charge on any atom is 0.313 e. The van der Waals surface area contributed by atoms with Gasteiger partial charge in [0.2, 0.25) is 0 Å². The number of pyridine rings is 1. The van der Waals surface area contributed by atoms with Gasteiger partial charge in [-0.3, -0.25) is 19.5 Å². The van der Waals surface area contributed by atoms with Gasteiger partial charge >= 0.3 is 11.8 Å². The average Bonchev–Trinajstić information content (AvgIpc) is 2.87. The number of rotatable bonds is 6. The van der Waals surface area contributed by atoms with Gasteiger partial charge in [0.1, 0.15) is 5.82 Å². The van der Waals surface area contributed by atoms with E-state index in [1.807, 2.05) is 42.2 Å². The van der Waals surface area contributed by atoms with Crippen LogP contribution in [0.15, 0.2) is 73.1 Å². The summed E-state index contributed by atoms with van der Waals surface area (Å²) < 4.78 is 14.2. The molecule has 1 saturated heterocycles. The van der Waals surface area contributed by atoms with Crippen LogP contribution in [0.25, 0.3) is 0 Å². The van der Waals surface area contributed by atoms with Crippen LogP contribution in [0.1, 0.15) is 17.2 Å². The van der Waals surface area contributed by atoms with Gasteiger partial charge in [-0.2, -0.15) is 0 Å². The van der Waals surface area contributed by atoms with E-state index in [9.17, 15) is 14.0 Å². The molecule has 176 valence electrons. The Balaban J connectivity index is 1.40. The van der Waals surface area contributed by atoms with Crippen LogP contribution < -0.4 is 15.5 Å². The summed E-state index contributed by atoms with van der Waals surface area (Å²) in [5.74, 6) is -1.63. The molecular formula is C26H28FN5O2. The summed E-state index contributed by atoms with van der Waals surface area (Å²) in [4.78, 5) is 33.5. The summed E-state index contributed by atoms with van der Waals surface area (Å²) in [7, 11) is 0. The number of halogens is 1. The summed E-state index contributed by atoms with van der Waals surface area (Å²) in [6, 6.07) is 17.7. The number of nitrogens with zero attached hydrogens (tertiary/aromatic N) is 3. The molecule has 1 unspecified atom stereocenters. The summed E-state index contributed by atoms with van der Waals surface area (Å²) in [5, 5.41) is 5.44. The molecule has 2 N–H and O–H groups in total. The second-order valence-corrected chi connectivity index (χ2v) is 8.26. The van der Waals surface area contributed by atoms with Crippen molar-refractivity contribution in [2.75, 3.05) is 42.9 Å². The van der Waals surface area contributed by atoms with Crippen LogP contribution in [-0.2, 0) is 9.59 Å². The Labute approximate surface area is 198 Å². The highest BCUT2D eigenvalue weighted by molar-refractivity contribution is 6.39. The number of amides is 2. The molecule has 0 bridgehead atoms. The summed E-state index contributed by atoms with van der Waals surface area (Å²) >= 11 is 0. The molecule has 1 fully saturated rings. The largest absolute Gasteiger partial charge is 0.367 e. The Bertz CT molecular complexity index is 1130. The molecule has 2 aromatic carbocycles. The number of carbonyl (C=O) groups is 2. The maximum absolute atomic E-state index is 14.2. The first kappa shape index (κ1) is 23.4. The standard InChI is InChI=1S/C26H28FN5O2/c1-19-7-2-4-10-22(19)30-26(34)25(33)29-18-24(20-8-6-12-28-17-20)32-15-13-31(14-16-32)23-11-5-3-9-21(23)27/h2-12,17,24H,13-16,18H2,1H3,(H,29,33)(H,30,34). The number of piperazine rings is 1. The minimum Gasteiger partial charge on any atom is -0.367 e. The quantitative estimate of drug-likeness (QED) is 0.552. The van der Waals surface area contributed by atoms with E-state index in [1.165, 1.54) is 6.07 Å². The lowest BCUT2D eigenvalue weighted by Crippen LogP contribution is -2.50. The van der Waals surface area contributed by atoms with Gasteiger partial charge in [-0.05, 0) is 42.3 Å². The Morgan fingerprint density at radius 1 is 0.971 bits per heavy atom. The van der Waals surface area contributed by atoms with Crippen molar-refractivity contribution < 1.29 is 14.0 Å². The SMILES string of the molecule is Cc1ccccc1NC(=O)C(=O)NCC(c1cccnc1)N1CCN(c2ccccc2F)CC1. The van der Waals surface area contributed by atoms with Gasteiger partial charge in [-0.25, -0.2) is 4.39 Å². The van der Waals surface area contributed by atoms with Crippen molar-refractivity contribution in [1.29, 1.82) is 0 Å². The summed E-state index contributed by atoms with van der Waals surface area (Å²) in [5.41, 5.74) is 3.03. The minimum absolute atomic E-state index is 0.160. The molecule has 1 aliphatic rings. The highest BCUT2D eigenvalue weighted by Crippen LogP contribution is 2.25. The lowest BCUT2D eigenvalue weighted by Gasteiger charge is -2.40. The van der Waals surface area contributed by atoms with Crippen LogP contribution in [0.5, 0.6) is 0 Å². The van der Waals surface area contributed by atoms with Crippen molar-refractivity contribution in [2.45, 2.75) is 13.0 Å². The van der Waals surface area contributed by atoms with Crippen LogP contribution in [-0.4, -0.2) is 54.4 Å². The molecule has 0 aliphatic carbocycles. The zero-order valence-corrected chi connectivity index (χ0v) is 19.1. The summed E-state index contributed by atoms with van der Waals surface area (Å²) in [6.07, 6.45) is 3.47. The molecule has 3 aromatic rings. The van der Waals surface area contributed by atoms with Crippen LogP contribution in [0.3, 0.4) is 0 Å². The number of benzene rings is 2. The monoisotopic (exact) mass is 461 g/mol. The van der Waals surface area contributed by atoms with E-state index >= 15 is 0 Å². The van der Waals surface area contributed by atoms with Gasteiger partial charge in [0.25, 0.3) is 0 Å². The minimum atomic E-state index is -0.705.